The third-order valence-corrected chi connectivity index (χ3v) is 3.72. The van der Waals surface area contributed by atoms with Crippen molar-refractivity contribution in [1.29, 1.82) is 5.26 Å². The van der Waals surface area contributed by atoms with Gasteiger partial charge in [0.1, 0.15) is 11.6 Å². The van der Waals surface area contributed by atoms with Gasteiger partial charge in [0.2, 0.25) is 0 Å². The zero-order chi connectivity index (χ0) is 14.0. The molecule has 0 bridgehead atoms. The highest BCUT2D eigenvalue weighted by Crippen LogP contribution is 2.28. The number of hydrogen-bond donors (Lipinski definition) is 0. The Morgan fingerprint density at radius 3 is 2.68 bits per heavy atom. The summed E-state index contributed by atoms with van der Waals surface area (Å²) in [6, 6.07) is 9.80. The second-order valence-electron chi connectivity index (χ2n) is 4.69. The maximum atomic E-state index is 9.24. The Hall–Kier alpha value is -1.31. The van der Waals surface area contributed by atoms with E-state index in [9.17, 15) is 5.26 Å². The van der Waals surface area contributed by atoms with E-state index < -0.39 is 0 Å². The van der Waals surface area contributed by atoms with E-state index in [-0.39, 0.29) is 0 Å². The lowest BCUT2D eigenvalue weighted by molar-refractivity contribution is 0.627. The van der Waals surface area contributed by atoms with Crippen molar-refractivity contribution in [2.45, 2.75) is 20.3 Å². The SMILES string of the molecule is CC(C)Cc1nn(-c2ccccc2Br)c(Cl)c1C#N. The van der Waals surface area contributed by atoms with E-state index in [4.69, 9.17) is 11.6 Å². The third kappa shape index (κ3) is 2.83. The number of para-hydroxylation sites is 1. The van der Waals surface area contributed by atoms with Gasteiger partial charge in [0, 0.05) is 4.47 Å². The number of aromatic nitrogens is 2. The topological polar surface area (TPSA) is 41.6 Å². The number of benzene rings is 1. The fourth-order valence-corrected chi connectivity index (χ4v) is 2.60. The van der Waals surface area contributed by atoms with Crippen molar-refractivity contribution in [2.24, 2.45) is 5.92 Å². The molecule has 2 aromatic rings. The van der Waals surface area contributed by atoms with Crippen LogP contribution in [0.25, 0.3) is 5.69 Å². The van der Waals surface area contributed by atoms with Crippen molar-refractivity contribution in [3.05, 3.63) is 45.1 Å². The molecule has 1 heterocycles. The molecular formula is C14H13BrClN3. The summed E-state index contributed by atoms with van der Waals surface area (Å²) in [6.07, 6.45) is 0.736. The van der Waals surface area contributed by atoms with E-state index in [0.29, 0.717) is 16.6 Å². The molecule has 0 saturated heterocycles. The first-order valence-corrected chi connectivity index (χ1v) is 7.14. The minimum atomic E-state index is 0.366. The molecule has 0 unspecified atom stereocenters. The first-order valence-electron chi connectivity index (χ1n) is 5.97. The van der Waals surface area contributed by atoms with E-state index in [1.807, 2.05) is 24.3 Å². The lowest BCUT2D eigenvalue weighted by Crippen LogP contribution is -2.00. The quantitative estimate of drug-likeness (QED) is 0.834. The van der Waals surface area contributed by atoms with Crippen molar-refractivity contribution in [3.8, 4) is 11.8 Å². The van der Waals surface area contributed by atoms with Gasteiger partial charge in [-0.25, -0.2) is 4.68 Å². The summed E-state index contributed by atoms with van der Waals surface area (Å²) in [4.78, 5) is 0. The van der Waals surface area contributed by atoms with Crippen molar-refractivity contribution in [2.75, 3.05) is 0 Å². The van der Waals surface area contributed by atoms with Gasteiger partial charge < -0.3 is 0 Å². The van der Waals surface area contributed by atoms with Gasteiger partial charge in [-0.05, 0) is 40.4 Å². The summed E-state index contributed by atoms with van der Waals surface area (Å²) in [6.45, 7) is 4.18. The summed E-state index contributed by atoms with van der Waals surface area (Å²) in [5.41, 5.74) is 2.04. The summed E-state index contributed by atoms with van der Waals surface area (Å²) in [7, 11) is 0. The molecule has 0 N–H and O–H groups in total. The van der Waals surface area contributed by atoms with Gasteiger partial charge in [-0.15, -0.1) is 0 Å². The monoisotopic (exact) mass is 337 g/mol. The van der Waals surface area contributed by atoms with Crippen LogP contribution in [-0.2, 0) is 6.42 Å². The summed E-state index contributed by atoms with van der Waals surface area (Å²) in [5.74, 6) is 0.422. The smallest absolute Gasteiger partial charge is 0.150 e. The zero-order valence-corrected chi connectivity index (χ0v) is 13.0. The predicted octanol–water partition coefficient (Wildman–Crippen LogP) is 4.36. The van der Waals surface area contributed by atoms with Crippen molar-refractivity contribution < 1.29 is 0 Å². The molecule has 0 atom stereocenters. The molecule has 0 fully saturated rings. The van der Waals surface area contributed by atoms with Crippen molar-refractivity contribution >= 4 is 27.5 Å². The Bertz CT molecular complexity index is 641. The average Bonchev–Trinajstić information content (AvgIpc) is 2.65. The molecule has 0 aliphatic rings. The molecule has 98 valence electrons. The normalized spacial score (nSPS) is 10.7. The van der Waals surface area contributed by atoms with Gasteiger partial charge in [0.15, 0.2) is 5.15 Å². The van der Waals surface area contributed by atoms with Gasteiger partial charge >= 0.3 is 0 Å². The highest BCUT2D eigenvalue weighted by atomic mass is 79.9. The maximum Gasteiger partial charge on any atom is 0.150 e. The molecule has 19 heavy (non-hydrogen) atoms. The van der Waals surface area contributed by atoms with Crippen LogP contribution in [0, 0.1) is 17.2 Å². The third-order valence-electron chi connectivity index (χ3n) is 2.70. The summed E-state index contributed by atoms with van der Waals surface area (Å²) >= 11 is 9.75. The Morgan fingerprint density at radius 1 is 1.42 bits per heavy atom. The molecule has 0 aliphatic heterocycles. The van der Waals surface area contributed by atoms with Gasteiger partial charge in [0.25, 0.3) is 0 Å². The van der Waals surface area contributed by atoms with Gasteiger partial charge in [-0.1, -0.05) is 37.6 Å². The summed E-state index contributed by atoms with van der Waals surface area (Å²) in [5, 5.41) is 14.1. The molecule has 0 amide bonds. The van der Waals surface area contributed by atoms with E-state index in [2.05, 4.69) is 40.9 Å². The molecule has 2 rings (SSSR count). The Morgan fingerprint density at radius 2 is 2.11 bits per heavy atom. The minimum absolute atomic E-state index is 0.366. The molecule has 3 nitrogen and oxygen atoms in total. The fraction of sp³-hybridized carbons (Fsp3) is 0.286. The lowest BCUT2D eigenvalue weighted by Gasteiger charge is -2.05. The van der Waals surface area contributed by atoms with Crippen LogP contribution in [0.4, 0.5) is 0 Å². The first kappa shape index (κ1) is 14.1. The van der Waals surface area contributed by atoms with Crippen molar-refractivity contribution in [3.63, 3.8) is 0 Å². The highest BCUT2D eigenvalue weighted by Gasteiger charge is 2.18. The largest absolute Gasteiger partial charge is 0.219 e. The van der Waals surface area contributed by atoms with Crippen LogP contribution in [0.15, 0.2) is 28.7 Å². The van der Waals surface area contributed by atoms with E-state index >= 15 is 0 Å². The van der Waals surface area contributed by atoms with Gasteiger partial charge in [-0.3, -0.25) is 0 Å². The van der Waals surface area contributed by atoms with Crippen LogP contribution in [0.3, 0.4) is 0 Å². The number of rotatable bonds is 3. The van der Waals surface area contributed by atoms with Crippen LogP contribution in [0.5, 0.6) is 0 Å². The first-order chi connectivity index (χ1) is 9.04. The van der Waals surface area contributed by atoms with E-state index in [1.165, 1.54) is 0 Å². The molecule has 0 radical (unpaired) electrons. The molecule has 0 saturated carbocycles. The highest BCUT2D eigenvalue weighted by molar-refractivity contribution is 9.10. The van der Waals surface area contributed by atoms with Crippen molar-refractivity contribution in [1.82, 2.24) is 9.78 Å². The number of hydrogen-bond acceptors (Lipinski definition) is 2. The zero-order valence-electron chi connectivity index (χ0n) is 10.7. The summed E-state index contributed by atoms with van der Waals surface area (Å²) < 4.78 is 2.50. The van der Waals surface area contributed by atoms with Gasteiger partial charge in [0.05, 0.1) is 11.4 Å². The Balaban J connectivity index is 2.57. The van der Waals surface area contributed by atoms with Crippen LogP contribution in [-0.4, -0.2) is 9.78 Å². The second-order valence-corrected chi connectivity index (χ2v) is 5.90. The van der Waals surface area contributed by atoms with Crippen LogP contribution in [0.2, 0.25) is 5.15 Å². The number of halogens is 2. The predicted molar refractivity (Wildman–Crippen MR) is 79.5 cm³/mol. The van der Waals surface area contributed by atoms with Crippen LogP contribution in [0.1, 0.15) is 25.1 Å². The second kappa shape index (κ2) is 5.77. The fourth-order valence-electron chi connectivity index (χ4n) is 1.86. The van der Waals surface area contributed by atoms with Crippen LogP contribution >= 0.6 is 27.5 Å². The van der Waals surface area contributed by atoms with Crippen LogP contribution < -0.4 is 0 Å². The van der Waals surface area contributed by atoms with E-state index in [0.717, 1.165) is 22.3 Å². The molecule has 1 aromatic carbocycles. The minimum Gasteiger partial charge on any atom is -0.219 e. The molecule has 0 spiro atoms. The van der Waals surface area contributed by atoms with E-state index in [1.54, 1.807) is 4.68 Å². The maximum absolute atomic E-state index is 9.24. The Labute approximate surface area is 125 Å². The molecule has 1 aromatic heterocycles. The number of nitrogens with zero attached hydrogens (tertiary/aromatic N) is 3. The molecule has 5 heteroatoms. The standard InChI is InChI=1S/C14H13BrClN3/c1-9(2)7-12-10(8-17)14(16)19(18-12)13-6-4-3-5-11(13)15/h3-6,9H,7H2,1-2H3. The van der Waals surface area contributed by atoms with Gasteiger partial charge in [-0.2, -0.15) is 10.4 Å². The lowest BCUT2D eigenvalue weighted by atomic mass is 10.1. The average molecular weight is 339 g/mol. The molecule has 0 aliphatic carbocycles. The molecular weight excluding hydrogens is 326 g/mol. The number of nitriles is 1. The Kier molecular flexibility index (Phi) is 4.28.